The molecule has 0 saturated carbocycles. The van der Waals surface area contributed by atoms with Gasteiger partial charge in [0.1, 0.15) is 0 Å². The van der Waals surface area contributed by atoms with Crippen molar-refractivity contribution in [2.24, 2.45) is 0 Å². The first-order valence-electron chi connectivity index (χ1n) is 34.9. The van der Waals surface area contributed by atoms with Gasteiger partial charge in [-0.3, -0.25) is 0 Å². The SMILES string of the molecule is Brc1ccc2c(c1)[nH]c1c2c2[nH]c3cc(Br)ccc3c2c2[nH]c3cc(Br)ccc3c12.CCCCCCCCI.CCCCCCCCn1c2cc(Br)ccc2c2c1c1c3ccc(Br)cc3n(CCCCCCCC)c1c1c3ccc(Br)cc3n(CCCCCCCC)c21. The van der Waals surface area contributed by atoms with Crippen molar-refractivity contribution in [3.63, 3.8) is 0 Å². The molecule has 8 aromatic carbocycles. The average molecular weight is 1740 g/mol. The highest BCUT2D eigenvalue weighted by Crippen LogP contribution is 2.50. The number of rotatable bonds is 27. The molecule has 14 rings (SSSR count). The van der Waals surface area contributed by atoms with Crippen LogP contribution in [0.15, 0.2) is 136 Å². The second kappa shape index (κ2) is 32.2. The summed E-state index contributed by atoms with van der Waals surface area (Å²) in [4.78, 5) is 11.1. The molecule has 0 aliphatic heterocycles. The van der Waals surface area contributed by atoms with Crippen LogP contribution in [0.1, 0.15) is 182 Å². The molecule has 14 aromatic rings. The highest BCUT2D eigenvalue weighted by Gasteiger charge is 2.28. The number of unbranched alkanes of at least 4 members (excludes halogenated alkanes) is 20. The third-order valence-corrected chi connectivity index (χ3v) is 23.2. The van der Waals surface area contributed by atoms with Crippen LogP contribution in [0.3, 0.4) is 0 Å². The maximum Gasteiger partial charge on any atom is 0.0614 e. The summed E-state index contributed by atoms with van der Waals surface area (Å²) >= 11 is 25.1. The van der Waals surface area contributed by atoms with E-state index in [0.29, 0.717) is 0 Å². The van der Waals surface area contributed by atoms with Gasteiger partial charge in [-0.05, 0) is 103 Å². The minimum absolute atomic E-state index is 1.03. The molecule has 93 heavy (non-hydrogen) atoms. The molecule has 6 heterocycles. The van der Waals surface area contributed by atoms with Crippen molar-refractivity contribution < 1.29 is 0 Å². The largest absolute Gasteiger partial charge is 0.354 e. The van der Waals surface area contributed by atoms with Gasteiger partial charge in [-0.2, -0.15) is 0 Å². The van der Waals surface area contributed by atoms with Crippen LogP contribution in [0.25, 0.3) is 131 Å². The van der Waals surface area contributed by atoms with E-state index < -0.39 is 0 Å². The smallest absolute Gasteiger partial charge is 0.0614 e. The molecule has 0 atom stereocenters. The number of benzene rings is 8. The Labute approximate surface area is 613 Å². The molecule has 0 aliphatic carbocycles. The Morgan fingerprint density at radius 3 is 0.785 bits per heavy atom. The van der Waals surface area contributed by atoms with E-state index in [1.54, 1.807) is 0 Å². The van der Waals surface area contributed by atoms with Crippen LogP contribution in [0, 0.1) is 0 Å². The number of aryl methyl sites for hydroxylation is 3. The lowest BCUT2D eigenvalue weighted by Gasteiger charge is -2.13. The molecule has 0 aliphatic rings. The van der Waals surface area contributed by atoms with Crippen molar-refractivity contribution in [3.05, 3.63) is 136 Å². The van der Waals surface area contributed by atoms with Gasteiger partial charge in [0.05, 0.1) is 49.7 Å². The van der Waals surface area contributed by atoms with Gasteiger partial charge in [0.2, 0.25) is 0 Å². The lowest BCUT2D eigenvalue weighted by atomic mass is 10.0. The summed E-state index contributed by atoms with van der Waals surface area (Å²) in [5.41, 5.74) is 15.2. The Morgan fingerprint density at radius 2 is 0.516 bits per heavy atom. The number of aromatic amines is 3. The van der Waals surface area contributed by atoms with Gasteiger partial charge < -0.3 is 28.7 Å². The first-order valence-corrected chi connectivity index (χ1v) is 41.2. The Morgan fingerprint density at radius 1 is 0.280 bits per heavy atom. The van der Waals surface area contributed by atoms with Gasteiger partial charge >= 0.3 is 0 Å². The molecular formula is C80H89Br6IN6. The predicted molar refractivity (Wildman–Crippen MR) is 439 cm³/mol. The number of aromatic nitrogens is 6. The van der Waals surface area contributed by atoms with Crippen LogP contribution in [0.4, 0.5) is 0 Å². The van der Waals surface area contributed by atoms with E-state index >= 15 is 0 Å². The number of halogens is 7. The van der Waals surface area contributed by atoms with E-state index in [0.717, 1.165) is 79.6 Å². The fraction of sp³-hybridized carbons (Fsp3) is 0.400. The van der Waals surface area contributed by atoms with Crippen molar-refractivity contribution in [2.75, 3.05) is 4.43 Å². The summed E-state index contributed by atoms with van der Waals surface area (Å²) in [6.07, 6.45) is 31.9. The molecular weight excluding hydrogens is 1650 g/mol. The summed E-state index contributed by atoms with van der Waals surface area (Å²) in [5.74, 6) is 0. The first kappa shape index (κ1) is 69.1. The van der Waals surface area contributed by atoms with Crippen LogP contribution in [0.2, 0.25) is 0 Å². The molecule has 0 fully saturated rings. The third-order valence-electron chi connectivity index (χ3n) is 19.5. The number of alkyl halides is 1. The van der Waals surface area contributed by atoms with E-state index in [-0.39, 0.29) is 0 Å². The maximum atomic E-state index is 3.91. The summed E-state index contributed by atoms with van der Waals surface area (Å²) in [5, 5.41) is 15.8. The number of fused-ring (bicyclic) bond motifs is 24. The first-order chi connectivity index (χ1) is 45.5. The van der Waals surface area contributed by atoms with E-state index in [2.05, 4.69) is 284 Å². The van der Waals surface area contributed by atoms with Gasteiger partial charge in [-0.1, -0.05) is 311 Å². The average Bonchev–Trinajstić information content (AvgIpc) is 1.56. The third kappa shape index (κ3) is 14.5. The van der Waals surface area contributed by atoms with Gasteiger partial charge in [0.15, 0.2) is 0 Å². The van der Waals surface area contributed by atoms with E-state index in [1.807, 2.05) is 0 Å². The highest BCUT2D eigenvalue weighted by molar-refractivity contribution is 14.1. The molecule has 0 radical (unpaired) electrons. The Balaban J connectivity index is 0.000000176. The van der Waals surface area contributed by atoms with Crippen LogP contribution in [-0.2, 0) is 19.6 Å². The van der Waals surface area contributed by atoms with Crippen LogP contribution in [-0.4, -0.2) is 33.1 Å². The summed E-state index contributed by atoms with van der Waals surface area (Å²) in [6, 6.07) is 40.5. The molecule has 0 bridgehead atoms. The zero-order chi connectivity index (χ0) is 64.7. The molecule has 0 saturated heterocycles. The fourth-order valence-electron chi connectivity index (χ4n) is 15.0. The molecule has 6 aromatic heterocycles. The van der Waals surface area contributed by atoms with Gasteiger partial charge in [0, 0.05) is 128 Å². The van der Waals surface area contributed by atoms with Crippen LogP contribution >= 0.6 is 118 Å². The van der Waals surface area contributed by atoms with Crippen molar-refractivity contribution >= 4 is 249 Å². The molecule has 488 valence electrons. The van der Waals surface area contributed by atoms with Crippen LogP contribution in [0.5, 0.6) is 0 Å². The van der Waals surface area contributed by atoms with Gasteiger partial charge in [-0.25, -0.2) is 0 Å². The lowest BCUT2D eigenvalue weighted by Crippen LogP contribution is -2.02. The minimum Gasteiger partial charge on any atom is -0.354 e. The monoisotopic (exact) mass is 1730 g/mol. The Bertz CT molecular complexity index is 4400. The number of H-pyrrole nitrogens is 3. The minimum atomic E-state index is 1.03. The lowest BCUT2D eigenvalue weighted by molar-refractivity contribution is 0.570. The normalized spacial score (nSPS) is 12.2. The number of hydrogen-bond donors (Lipinski definition) is 3. The zero-order valence-corrected chi connectivity index (χ0v) is 66.4. The molecule has 6 nitrogen and oxygen atoms in total. The molecule has 0 unspecified atom stereocenters. The number of nitrogens with one attached hydrogen (secondary N) is 3. The van der Waals surface area contributed by atoms with Gasteiger partial charge in [-0.15, -0.1) is 0 Å². The van der Waals surface area contributed by atoms with Crippen molar-refractivity contribution in [1.82, 2.24) is 28.7 Å². The van der Waals surface area contributed by atoms with Crippen LogP contribution < -0.4 is 0 Å². The number of hydrogen-bond acceptors (Lipinski definition) is 0. The van der Waals surface area contributed by atoms with Gasteiger partial charge in [0.25, 0.3) is 0 Å². The Hall–Kier alpha value is -3.83. The Kier molecular flexibility index (Phi) is 23.9. The topological polar surface area (TPSA) is 62.2 Å². The fourth-order valence-corrected chi connectivity index (χ4v) is 17.7. The highest BCUT2D eigenvalue weighted by atomic mass is 127. The quantitative estimate of drug-likeness (QED) is 0.0261. The van der Waals surface area contributed by atoms with Crippen molar-refractivity contribution in [3.8, 4) is 0 Å². The standard InChI is InChI=1S/C48H60Br3N3.C24H12Br3N3.C8H17I/c1-4-7-10-13-16-19-28-52-40-31-34(49)22-25-37(40)43-46(52)44-38-26-23-35(50)32-41(38)53(29-20-17-14-11-8-5-2)48(44)45-39-27-24-36(51)33-42(39)54(47(43)45)30-21-18-15-12-9-6-3;25-10-1-4-13-16(7-10)28-22-19(13)23-21(14-5-2-11(26)8-17(14)29-23)24-20(22)15-6-3-12(27)9-18(15)30-24;1-2-3-4-5-6-7-8-9/h22-27,31-33H,4-21,28-30H2,1-3H3;1-9,28-30H;2-8H2,1H3. The molecule has 13 heteroatoms. The summed E-state index contributed by atoms with van der Waals surface area (Å²) in [7, 11) is 0. The predicted octanol–water partition coefficient (Wildman–Crippen LogP) is 30.0. The molecule has 0 amide bonds. The van der Waals surface area contributed by atoms with E-state index in [9.17, 15) is 0 Å². The second-order valence-corrected chi connectivity index (χ2v) is 32.6. The van der Waals surface area contributed by atoms with E-state index in [1.165, 1.54) is 256 Å². The maximum absolute atomic E-state index is 3.91. The summed E-state index contributed by atoms with van der Waals surface area (Å²) in [6.45, 7) is 12.3. The van der Waals surface area contributed by atoms with E-state index in [4.69, 9.17) is 0 Å². The zero-order valence-electron chi connectivity index (χ0n) is 54.7. The molecule has 3 N–H and O–H groups in total. The second-order valence-electron chi connectivity index (χ2n) is 26.1. The molecule has 0 spiro atoms. The van der Waals surface area contributed by atoms with Crippen molar-refractivity contribution in [2.45, 2.75) is 201 Å². The van der Waals surface area contributed by atoms with Crippen molar-refractivity contribution in [1.29, 1.82) is 0 Å². The number of nitrogens with zero attached hydrogens (tertiary/aromatic N) is 3. The summed E-state index contributed by atoms with van der Waals surface area (Å²) < 4.78 is 16.2.